The van der Waals surface area contributed by atoms with E-state index >= 15 is 0 Å². The Bertz CT molecular complexity index is 347. The summed E-state index contributed by atoms with van der Waals surface area (Å²) in [6, 6.07) is 0. The standard InChI is InChI=1S/C8H9NO3S/c10-3-6-9-7-4(8(11)12)1-2-5(7)13-6/h4,10H,1-3H2,(H,11,12). The van der Waals surface area contributed by atoms with Crippen molar-refractivity contribution >= 4 is 17.3 Å². The van der Waals surface area contributed by atoms with Gasteiger partial charge in [0.25, 0.3) is 0 Å². The summed E-state index contributed by atoms with van der Waals surface area (Å²) in [5, 5.41) is 18.3. The predicted octanol–water partition coefficient (Wildman–Crippen LogP) is 0.750. The lowest BCUT2D eigenvalue weighted by atomic mass is 10.1. The highest BCUT2D eigenvalue weighted by molar-refractivity contribution is 7.11. The number of hydrogen-bond acceptors (Lipinski definition) is 4. The van der Waals surface area contributed by atoms with Crippen LogP contribution in [0.5, 0.6) is 0 Å². The fourth-order valence-electron chi connectivity index (χ4n) is 1.59. The number of aliphatic hydroxyl groups excluding tert-OH is 1. The van der Waals surface area contributed by atoms with Crippen LogP contribution in [-0.4, -0.2) is 21.2 Å². The lowest BCUT2D eigenvalue weighted by Crippen LogP contribution is -2.08. The van der Waals surface area contributed by atoms with Crippen molar-refractivity contribution < 1.29 is 15.0 Å². The molecule has 5 heteroatoms. The second kappa shape index (κ2) is 3.08. The van der Waals surface area contributed by atoms with Gasteiger partial charge in [-0.2, -0.15) is 0 Å². The van der Waals surface area contributed by atoms with Gasteiger partial charge in [0.05, 0.1) is 12.3 Å². The molecule has 0 amide bonds. The van der Waals surface area contributed by atoms with Gasteiger partial charge in [-0.3, -0.25) is 4.79 Å². The van der Waals surface area contributed by atoms with Crippen LogP contribution in [0.25, 0.3) is 0 Å². The van der Waals surface area contributed by atoms with Crippen LogP contribution < -0.4 is 0 Å². The summed E-state index contributed by atoms with van der Waals surface area (Å²) in [6.07, 6.45) is 1.43. The van der Waals surface area contributed by atoms with Crippen LogP contribution in [0.4, 0.5) is 0 Å². The van der Waals surface area contributed by atoms with Crippen molar-refractivity contribution in [2.75, 3.05) is 0 Å². The van der Waals surface area contributed by atoms with Gasteiger partial charge in [-0.1, -0.05) is 0 Å². The van der Waals surface area contributed by atoms with E-state index in [1.807, 2.05) is 0 Å². The summed E-state index contributed by atoms with van der Waals surface area (Å²) in [5.74, 6) is -1.26. The van der Waals surface area contributed by atoms with Gasteiger partial charge in [0.15, 0.2) is 0 Å². The van der Waals surface area contributed by atoms with Crippen LogP contribution in [0, 0.1) is 0 Å². The highest BCUT2D eigenvalue weighted by Crippen LogP contribution is 2.36. The van der Waals surface area contributed by atoms with Crippen molar-refractivity contribution in [3.8, 4) is 0 Å². The van der Waals surface area contributed by atoms with Crippen LogP contribution in [0.15, 0.2) is 0 Å². The minimum Gasteiger partial charge on any atom is -0.481 e. The average molecular weight is 199 g/mol. The first-order chi connectivity index (χ1) is 6.22. The fraction of sp³-hybridized carbons (Fsp3) is 0.500. The number of nitrogens with zero attached hydrogens (tertiary/aromatic N) is 1. The molecule has 0 saturated carbocycles. The van der Waals surface area contributed by atoms with E-state index in [0.29, 0.717) is 17.1 Å². The highest BCUT2D eigenvalue weighted by Gasteiger charge is 2.31. The van der Waals surface area contributed by atoms with E-state index in [4.69, 9.17) is 10.2 Å². The van der Waals surface area contributed by atoms with E-state index in [-0.39, 0.29) is 6.61 Å². The van der Waals surface area contributed by atoms with E-state index in [1.54, 1.807) is 0 Å². The van der Waals surface area contributed by atoms with Crippen molar-refractivity contribution in [2.24, 2.45) is 0 Å². The first-order valence-electron chi connectivity index (χ1n) is 4.04. The number of rotatable bonds is 2. The number of carbonyl (C=O) groups is 1. The minimum absolute atomic E-state index is 0.0932. The quantitative estimate of drug-likeness (QED) is 0.737. The molecule has 70 valence electrons. The summed E-state index contributed by atoms with van der Waals surface area (Å²) < 4.78 is 0. The van der Waals surface area contributed by atoms with Gasteiger partial charge in [-0.15, -0.1) is 11.3 Å². The number of aryl methyl sites for hydroxylation is 1. The molecule has 1 aliphatic rings. The molecular weight excluding hydrogens is 190 g/mol. The maximum absolute atomic E-state index is 10.8. The zero-order valence-corrected chi connectivity index (χ0v) is 7.67. The smallest absolute Gasteiger partial charge is 0.312 e. The van der Waals surface area contributed by atoms with Crippen molar-refractivity contribution in [3.05, 3.63) is 15.6 Å². The number of fused-ring (bicyclic) bond motifs is 1. The Morgan fingerprint density at radius 1 is 1.69 bits per heavy atom. The van der Waals surface area contributed by atoms with Gasteiger partial charge in [0.2, 0.25) is 0 Å². The number of thiazole rings is 1. The first kappa shape index (κ1) is 8.65. The lowest BCUT2D eigenvalue weighted by Gasteiger charge is -2.00. The molecule has 1 atom stereocenters. The maximum atomic E-state index is 10.8. The molecule has 1 unspecified atom stereocenters. The van der Waals surface area contributed by atoms with Gasteiger partial charge in [-0.05, 0) is 12.8 Å². The topological polar surface area (TPSA) is 70.4 Å². The van der Waals surface area contributed by atoms with Crippen LogP contribution in [0.1, 0.15) is 27.9 Å². The predicted molar refractivity (Wildman–Crippen MR) is 46.7 cm³/mol. The molecule has 0 fully saturated rings. The summed E-state index contributed by atoms with van der Waals surface area (Å²) >= 11 is 1.42. The molecule has 1 aromatic rings. The van der Waals surface area contributed by atoms with Crippen molar-refractivity contribution in [3.63, 3.8) is 0 Å². The monoisotopic (exact) mass is 199 g/mol. The molecule has 13 heavy (non-hydrogen) atoms. The molecule has 2 N–H and O–H groups in total. The summed E-state index contributed by atoms with van der Waals surface area (Å²) in [6.45, 7) is -0.0932. The molecule has 0 radical (unpaired) electrons. The van der Waals surface area contributed by atoms with E-state index in [2.05, 4.69) is 4.98 Å². The lowest BCUT2D eigenvalue weighted by molar-refractivity contribution is -0.138. The second-order valence-electron chi connectivity index (χ2n) is 3.00. The average Bonchev–Trinajstić information content (AvgIpc) is 2.59. The Labute approximate surface area is 78.9 Å². The Morgan fingerprint density at radius 2 is 2.46 bits per heavy atom. The largest absolute Gasteiger partial charge is 0.481 e. The van der Waals surface area contributed by atoms with Crippen molar-refractivity contribution in [1.82, 2.24) is 4.98 Å². The summed E-state index contributed by atoms with van der Waals surface area (Å²) in [5.41, 5.74) is 0.668. The Balaban J connectivity index is 2.35. The zero-order chi connectivity index (χ0) is 9.42. The minimum atomic E-state index is -0.812. The number of carboxylic acids is 1. The van der Waals surface area contributed by atoms with Gasteiger partial charge < -0.3 is 10.2 Å². The van der Waals surface area contributed by atoms with Crippen LogP contribution in [0.3, 0.4) is 0 Å². The second-order valence-corrected chi connectivity index (χ2v) is 4.17. The van der Waals surface area contributed by atoms with E-state index < -0.39 is 11.9 Å². The molecular formula is C8H9NO3S. The maximum Gasteiger partial charge on any atom is 0.312 e. The SMILES string of the molecule is O=C(O)C1CCc2sc(CO)nc21. The van der Waals surface area contributed by atoms with Crippen LogP contribution in [0.2, 0.25) is 0 Å². The highest BCUT2D eigenvalue weighted by atomic mass is 32.1. The molecule has 1 heterocycles. The van der Waals surface area contributed by atoms with Gasteiger partial charge in [-0.25, -0.2) is 4.98 Å². The third-order valence-corrected chi connectivity index (χ3v) is 3.31. The number of aliphatic hydroxyl groups is 1. The molecule has 1 aromatic heterocycles. The number of aromatic nitrogens is 1. The fourth-order valence-corrected chi connectivity index (χ4v) is 2.59. The van der Waals surface area contributed by atoms with E-state index in [0.717, 1.165) is 11.3 Å². The molecule has 2 rings (SSSR count). The normalized spacial score (nSPS) is 20.2. The number of hydrogen-bond donors (Lipinski definition) is 2. The van der Waals surface area contributed by atoms with Gasteiger partial charge in [0.1, 0.15) is 10.9 Å². The molecule has 0 aromatic carbocycles. The zero-order valence-electron chi connectivity index (χ0n) is 6.86. The first-order valence-corrected chi connectivity index (χ1v) is 4.86. The van der Waals surface area contributed by atoms with E-state index in [9.17, 15) is 4.79 Å². The Kier molecular flexibility index (Phi) is 2.05. The molecule has 4 nitrogen and oxygen atoms in total. The van der Waals surface area contributed by atoms with Crippen molar-refractivity contribution in [1.29, 1.82) is 0 Å². The van der Waals surface area contributed by atoms with Gasteiger partial charge in [0, 0.05) is 4.88 Å². The van der Waals surface area contributed by atoms with E-state index in [1.165, 1.54) is 11.3 Å². The molecule has 1 aliphatic carbocycles. The van der Waals surface area contributed by atoms with Crippen LogP contribution >= 0.6 is 11.3 Å². The molecule has 0 spiro atoms. The van der Waals surface area contributed by atoms with Crippen LogP contribution in [-0.2, 0) is 17.8 Å². The third-order valence-electron chi connectivity index (χ3n) is 2.20. The third kappa shape index (κ3) is 1.34. The number of carboxylic acid groups (broad SMARTS) is 1. The van der Waals surface area contributed by atoms with Crippen molar-refractivity contribution in [2.45, 2.75) is 25.4 Å². The molecule has 0 aliphatic heterocycles. The number of aliphatic carboxylic acids is 1. The Hall–Kier alpha value is -0.940. The molecule has 0 bridgehead atoms. The summed E-state index contributed by atoms with van der Waals surface area (Å²) in [4.78, 5) is 15.9. The Morgan fingerprint density at radius 3 is 3.08 bits per heavy atom. The molecule has 0 saturated heterocycles. The summed E-state index contributed by atoms with van der Waals surface area (Å²) in [7, 11) is 0. The van der Waals surface area contributed by atoms with Gasteiger partial charge >= 0.3 is 5.97 Å².